The number of sulfonamides is 2. The van der Waals surface area contributed by atoms with Crippen molar-refractivity contribution in [3.05, 3.63) is 24.3 Å². The Labute approximate surface area is 116 Å². The Morgan fingerprint density at radius 2 is 1.55 bits per heavy atom. The lowest BCUT2D eigenvalue weighted by atomic mass is 10.4. The maximum absolute atomic E-state index is 12.1. The topological polar surface area (TPSA) is 130 Å². The van der Waals surface area contributed by atoms with Crippen LogP contribution in [0.5, 0.6) is 0 Å². The molecule has 8 nitrogen and oxygen atoms in total. The van der Waals surface area contributed by atoms with Crippen molar-refractivity contribution in [3.8, 4) is 0 Å². The zero-order valence-electron chi connectivity index (χ0n) is 10.7. The molecule has 0 fully saturated rings. The van der Waals surface area contributed by atoms with Gasteiger partial charge in [0.15, 0.2) is 0 Å². The van der Waals surface area contributed by atoms with Crippen molar-refractivity contribution in [2.45, 2.75) is 22.8 Å². The minimum absolute atomic E-state index is 0.451. The first-order valence-electron chi connectivity index (χ1n) is 5.39. The van der Waals surface area contributed by atoms with E-state index in [2.05, 4.69) is 0 Å². The third kappa shape index (κ3) is 3.54. The number of carboxylic acid groups (broad SMARTS) is 1. The highest BCUT2D eigenvalue weighted by atomic mass is 32.2. The quantitative estimate of drug-likeness (QED) is 0.638. The highest BCUT2D eigenvalue weighted by molar-refractivity contribution is 7.92. The zero-order valence-corrected chi connectivity index (χ0v) is 12.3. The van der Waals surface area contributed by atoms with Gasteiger partial charge in [0.25, 0.3) is 0 Å². The largest absolute Gasteiger partial charge is 0.480 e. The van der Waals surface area contributed by atoms with Crippen molar-refractivity contribution in [1.82, 2.24) is 9.44 Å². The van der Waals surface area contributed by atoms with Crippen LogP contribution in [-0.2, 0) is 24.8 Å². The van der Waals surface area contributed by atoms with Crippen LogP contribution in [0, 0.1) is 0 Å². The molecule has 1 aromatic carbocycles. The van der Waals surface area contributed by atoms with Crippen LogP contribution in [0.15, 0.2) is 34.1 Å². The third-order valence-electron chi connectivity index (χ3n) is 2.40. The Bertz CT molecular complexity index is 711. The van der Waals surface area contributed by atoms with Gasteiger partial charge in [-0.05, 0) is 26.1 Å². The normalized spacial score (nSPS) is 13.9. The molecule has 0 bridgehead atoms. The number of carboxylic acids is 1. The van der Waals surface area contributed by atoms with Gasteiger partial charge in [0.1, 0.15) is 15.8 Å². The monoisotopic (exact) mass is 322 g/mol. The average molecular weight is 322 g/mol. The molecule has 10 heteroatoms. The maximum atomic E-state index is 12.1. The fourth-order valence-electron chi connectivity index (χ4n) is 1.35. The fourth-order valence-corrected chi connectivity index (χ4v) is 4.10. The van der Waals surface area contributed by atoms with Gasteiger partial charge in [-0.15, -0.1) is 0 Å². The Morgan fingerprint density at radius 3 is 1.95 bits per heavy atom. The molecule has 1 aromatic rings. The Balaban J connectivity index is 3.38. The van der Waals surface area contributed by atoms with Crippen LogP contribution in [-0.4, -0.2) is 41.0 Å². The smallest absolute Gasteiger partial charge is 0.321 e. The van der Waals surface area contributed by atoms with Gasteiger partial charge in [-0.3, -0.25) is 4.79 Å². The van der Waals surface area contributed by atoms with Crippen molar-refractivity contribution < 1.29 is 26.7 Å². The fraction of sp³-hybridized carbons (Fsp3) is 0.300. The number of benzene rings is 1. The SMILES string of the molecule is CNS(=O)(=O)c1ccccc1S(=O)(=O)N[C@@H](C)C(=O)O. The summed E-state index contributed by atoms with van der Waals surface area (Å²) in [6.07, 6.45) is 0. The van der Waals surface area contributed by atoms with Crippen LogP contribution in [0.1, 0.15) is 6.92 Å². The number of carbonyl (C=O) groups is 1. The van der Waals surface area contributed by atoms with Gasteiger partial charge in [-0.2, -0.15) is 4.72 Å². The summed E-state index contributed by atoms with van der Waals surface area (Å²) in [5, 5.41) is 8.71. The second-order valence-electron chi connectivity index (χ2n) is 3.84. The maximum Gasteiger partial charge on any atom is 0.321 e. The van der Waals surface area contributed by atoms with Crippen molar-refractivity contribution in [2.75, 3.05) is 7.05 Å². The summed E-state index contributed by atoms with van der Waals surface area (Å²) in [4.78, 5) is 9.73. The average Bonchev–Trinajstić information content (AvgIpc) is 2.38. The van der Waals surface area contributed by atoms with Gasteiger partial charge < -0.3 is 5.11 Å². The number of hydrogen-bond donors (Lipinski definition) is 3. The number of nitrogens with one attached hydrogen (secondary N) is 2. The molecule has 0 amide bonds. The minimum Gasteiger partial charge on any atom is -0.480 e. The van der Waals surface area contributed by atoms with Crippen LogP contribution < -0.4 is 9.44 Å². The molecule has 0 heterocycles. The summed E-state index contributed by atoms with van der Waals surface area (Å²) in [6.45, 7) is 1.13. The van der Waals surface area contributed by atoms with Crippen molar-refractivity contribution in [3.63, 3.8) is 0 Å². The first kappa shape index (κ1) is 16.6. The van der Waals surface area contributed by atoms with Gasteiger partial charge in [0, 0.05) is 0 Å². The molecule has 20 heavy (non-hydrogen) atoms. The molecule has 0 unspecified atom stereocenters. The summed E-state index contributed by atoms with van der Waals surface area (Å²) in [5.74, 6) is -1.37. The number of rotatable bonds is 6. The van der Waals surface area contributed by atoms with Gasteiger partial charge >= 0.3 is 5.97 Å². The second-order valence-corrected chi connectivity index (χ2v) is 7.37. The molecular formula is C10H14N2O6S2. The Hall–Kier alpha value is -1.49. The zero-order chi connectivity index (χ0) is 15.6. The minimum atomic E-state index is -4.28. The Morgan fingerprint density at radius 1 is 1.10 bits per heavy atom. The highest BCUT2D eigenvalue weighted by Crippen LogP contribution is 2.20. The van der Waals surface area contributed by atoms with Crippen LogP contribution in [0.2, 0.25) is 0 Å². The summed E-state index contributed by atoms with van der Waals surface area (Å²) in [7, 11) is -7.12. The predicted molar refractivity (Wildman–Crippen MR) is 70.1 cm³/mol. The molecule has 0 aromatic heterocycles. The number of aliphatic carboxylic acids is 1. The van der Waals surface area contributed by atoms with Crippen molar-refractivity contribution in [1.29, 1.82) is 0 Å². The lowest BCUT2D eigenvalue weighted by Gasteiger charge is -2.13. The van der Waals surface area contributed by atoms with Crippen LogP contribution >= 0.6 is 0 Å². The van der Waals surface area contributed by atoms with Gasteiger partial charge in [0.05, 0.1) is 0 Å². The van der Waals surface area contributed by atoms with Crippen LogP contribution in [0.3, 0.4) is 0 Å². The molecule has 0 saturated carbocycles. The van der Waals surface area contributed by atoms with Crippen LogP contribution in [0.4, 0.5) is 0 Å². The van der Waals surface area contributed by atoms with E-state index in [0.29, 0.717) is 0 Å². The van der Waals surface area contributed by atoms with Gasteiger partial charge in [0.2, 0.25) is 20.0 Å². The molecule has 0 spiro atoms. The molecule has 0 aliphatic rings. The van der Waals surface area contributed by atoms with E-state index < -0.39 is 41.8 Å². The Kier molecular flexibility index (Phi) is 4.86. The van der Waals surface area contributed by atoms with Crippen LogP contribution in [0.25, 0.3) is 0 Å². The van der Waals surface area contributed by atoms with E-state index in [1.54, 1.807) is 0 Å². The lowest BCUT2D eigenvalue weighted by Crippen LogP contribution is -2.39. The summed E-state index contributed by atoms with van der Waals surface area (Å²) < 4.78 is 51.6. The van der Waals surface area contributed by atoms with E-state index in [-0.39, 0.29) is 0 Å². The van der Waals surface area contributed by atoms with E-state index in [4.69, 9.17) is 5.11 Å². The molecule has 1 atom stereocenters. The second kappa shape index (κ2) is 5.87. The van der Waals surface area contributed by atoms with Gasteiger partial charge in [-0.1, -0.05) is 12.1 Å². The van der Waals surface area contributed by atoms with E-state index in [1.165, 1.54) is 12.1 Å². The lowest BCUT2D eigenvalue weighted by molar-refractivity contribution is -0.138. The molecule has 0 aliphatic heterocycles. The van der Waals surface area contributed by atoms with Crippen molar-refractivity contribution >= 4 is 26.0 Å². The highest BCUT2D eigenvalue weighted by Gasteiger charge is 2.28. The standard InChI is InChI=1S/C10H14N2O6S2/c1-7(10(13)14)12-20(17,18)9-6-4-3-5-8(9)19(15,16)11-2/h3-7,11-12H,1-2H3,(H,13,14)/t7-/m0/s1. The summed E-state index contributed by atoms with van der Waals surface area (Å²) in [5.41, 5.74) is 0. The molecule has 0 radical (unpaired) electrons. The molecule has 3 N–H and O–H groups in total. The molecule has 0 saturated heterocycles. The summed E-state index contributed by atoms with van der Waals surface area (Å²) in [6, 6.07) is 3.52. The predicted octanol–water partition coefficient (Wildman–Crippen LogP) is -0.654. The first-order chi connectivity index (χ1) is 9.12. The van der Waals surface area contributed by atoms with E-state index >= 15 is 0 Å². The number of hydrogen-bond acceptors (Lipinski definition) is 5. The first-order valence-corrected chi connectivity index (χ1v) is 8.36. The van der Waals surface area contributed by atoms with E-state index in [1.807, 2.05) is 9.44 Å². The molecular weight excluding hydrogens is 308 g/mol. The molecule has 0 aliphatic carbocycles. The van der Waals surface area contributed by atoms with E-state index in [0.717, 1.165) is 26.1 Å². The molecule has 112 valence electrons. The van der Waals surface area contributed by atoms with E-state index in [9.17, 15) is 21.6 Å². The third-order valence-corrected chi connectivity index (χ3v) is 5.60. The molecule has 1 rings (SSSR count). The summed E-state index contributed by atoms with van der Waals surface area (Å²) >= 11 is 0. The van der Waals surface area contributed by atoms with Crippen molar-refractivity contribution in [2.24, 2.45) is 0 Å². The van der Waals surface area contributed by atoms with Gasteiger partial charge in [-0.25, -0.2) is 21.6 Å².